The van der Waals surface area contributed by atoms with Gasteiger partial charge in [0.25, 0.3) is 11.4 Å². The summed E-state index contributed by atoms with van der Waals surface area (Å²) in [6.45, 7) is 3.08. The number of carbonyl (C=O) groups is 1. The van der Waals surface area contributed by atoms with Crippen molar-refractivity contribution in [2.24, 2.45) is 0 Å². The molecule has 0 aliphatic heterocycles. The van der Waals surface area contributed by atoms with Crippen LogP contribution in [0.1, 0.15) is 21.5 Å². The molecule has 23 heavy (non-hydrogen) atoms. The van der Waals surface area contributed by atoms with Crippen molar-refractivity contribution >= 4 is 17.3 Å². The van der Waals surface area contributed by atoms with Crippen LogP contribution in [0.3, 0.4) is 0 Å². The molecule has 0 unspecified atom stereocenters. The lowest BCUT2D eigenvalue weighted by atomic mass is 10.1. The molecule has 0 aliphatic carbocycles. The summed E-state index contributed by atoms with van der Waals surface area (Å²) in [7, 11) is 0. The second-order valence-corrected chi connectivity index (χ2v) is 4.85. The third-order valence-electron chi connectivity index (χ3n) is 3.22. The molecule has 0 amide bonds. The van der Waals surface area contributed by atoms with Gasteiger partial charge in [0.1, 0.15) is 5.75 Å². The van der Waals surface area contributed by atoms with Crippen LogP contribution in [0, 0.1) is 34.1 Å². The van der Waals surface area contributed by atoms with Gasteiger partial charge < -0.3 is 4.74 Å². The first kappa shape index (κ1) is 16.1. The van der Waals surface area contributed by atoms with Crippen molar-refractivity contribution in [1.82, 2.24) is 0 Å². The SMILES string of the molecule is Cc1cc(OC(=O)c2ccc(C)c([N+](=O)[O-])c2)ccc1[N+](=O)[O-]. The molecule has 118 valence electrons. The van der Waals surface area contributed by atoms with Crippen LogP contribution in [-0.4, -0.2) is 15.8 Å². The van der Waals surface area contributed by atoms with Crippen LogP contribution >= 0.6 is 0 Å². The quantitative estimate of drug-likeness (QED) is 0.370. The minimum absolute atomic E-state index is 0.0262. The monoisotopic (exact) mass is 316 g/mol. The molecule has 8 nitrogen and oxygen atoms in total. The van der Waals surface area contributed by atoms with Gasteiger partial charge in [-0.25, -0.2) is 4.79 Å². The molecule has 2 aromatic rings. The van der Waals surface area contributed by atoms with Gasteiger partial charge in [-0.15, -0.1) is 0 Å². The van der Waals surface area contributed by atoms with Crippen LogP contribution in [0.4, 0.5) is 11.4 Å². The lowest BCUT2D eigenvalue weighted by Crippen LogP contribution is -2.09. The second kappa shape index (κ2) is 6.22. The van der Waals surface area contributed by atoms with E-state index in [1.165, 1.54) is 37.3 Å². The summed E-state index contributed by atoms with van der Waals surface area (Å²) >= 11 is 0. The van der Waals surface area contributed by atoms with Crippen molar-refractivity contribution in [3.8, 4) is 5.75 Å². The summed E-state index contributed by atoms with van der Waals surface area (Å²) in [6, 6.07) is 7.90. The van der Waals surface area contributed by atoms with E-state index in [9.17, 15) is 25.0 Å². The topological polar surface area (TPSA) is 113 Å². The van der Waals surface area contributed by atoms with Gasteiger partial charge in [0.15, 0.2) is 0 Å². The number of hydrogen-bond acceptors (Lipinski definition) is 6. The number of nitro benzene ring substituents is 2. The molecule has 0 aliphatic rings. The van der Waals surface area contributed by atoms with Gasteiger partial charge in [-0.3, -0.25) is 20.2 Å². The number of aryl methyl sites for hydroxylation is 2. The van der Waals surface area contributed by atoms with Crippen molar-refractivity contribution in [2.45, 2.75) is 13.8 Å². The highest BCUT2D eigenvalue weighted by atomic mass is 16.6. The maximum atomic E-state index is 12.1. The van der Waals surface area contributed by atoms with Crippen molar-refractivity contribution in [1.29, 1.82) is 0 Å². The predicted octanol–water partition coefficient (Wildman–Crippen LogP) is 3.34. The van der Waals surface area contributed by atoms with Gasteiger partial charge in [-0.2, -0.15) is 0 Å². The molecule has 8 heteroatoms. The Morgan fingerprint density at radius 1 is 0.913 bits per heavy atom. The number of nitrogens with zero attached hydrogens (tertiary/aromatic N) is 2. The zero-order chi connectivity index (χ0) is 17.1. The first-order valence-corrected chi connectivity index (χ1v) is 6.52. The van der Waals surface area contributed by atoms with Gasteiger partial charge in [0.05, 0.1) is 15.4 Å². The molecule has 2 aromatic carbocycles. The molecule has 2 rings (SSSR count). The Hall–Kier alpha value is -3.29. The molecule has 0 radical (unpaired) electrons. The van der Waals surface area contributed by atoms with Gasteiger partial charge in [0.2, 0.25) is 0 Å². The minimum atomic E-state index is -0.777. The average Bonchev–Trinajstić information content (AvgIpc) is 2.46. The summed E-state index contributed by atoms with van der Waals surface area (Å²) in [6.07, 6.45) is 0. The summed E-state index contributed by atoms with van der Waals surface area (Å²) in [4.78, 5) is 32.6. The van der Waals surface area contributed by atoms with E-state index in [1.54, 1.807) is 6.92 Å². The minimum Gasteiger partial charge on any atom is -0.423 e. The van der Waals surface area contributed by atoms with E-state index in [4.69, 9.17) is 4.74 Å². The first-order valence-electron chi connectivity index (χ1n) is 6.52. The number of rotatable bonds is 4. The Balaban J connectivity index is 2.26. The van der Waals surface area contributed by atoms with Crippen LogP contribution in [0.25, 0.3) is 0 Å². The van der Waals surface area contributed by atoms with Crippen molar-refractivity contribution in [2.75, 3.05) is 0 Å². The smallest absolute Gasteiger partial charge is 0.343 e. The van der Waals surface area contributed by atoms with Crippen LogP contribution in [0.5, 0.6) is 5.75 Å². The van der Waals surface area contributed by atoms with Crippen LogP contribution in [0.15, 0.2) is 36.4 Å². The Bertz CT molecular complexity index is 816. The lowest BCUT2D eigenvalue weighted by Gasteiger charge is -2.06. The number of hydrogen-bond donors (Lipinski definition) is 0. The molecular formula is C15H12N2O6. The van der Waals surface area contributed by atoms with E-state index in [0.29, 0.717) is 11.1 Å². The molecule has 0 N–H and O–H groups in total. The van der Waals surface area contributed by atoms with Crippen LogP contribution in [0.2, 0.25) is 0 Å². The van der Waals surface area contributed by atoms with Crippen molar-refractivity contribution in [3.63, 3.8) is 0 Å². The Kier molecular flexibility index (Phi) is 4.35. The summed E-state index contributed by atoms with van der Waals surface area (Å²) < 4.78 is 5.11. The lowest BCUT2D eigenvalue weighted by molar-refractivity contribution is -0.385. The number of benzene rings is 2. The van der Waals surface area contributed by atoms with E-state index in [1.807, 2.05) is 0 Å². The van der Waals surface area contributed by atoms with Crippen molar-refractivity contribution in [3.05, 3.63) is 73.3 Å². The summed E-state index contributed by atoms with van der Waals surface area (Å²) in [5.41, 5.74) is 0.529. The third-order valence-corrected chi connectivity index (χ3v) is 3.22. The Labute approximate surface area is 130 Å². The Morgan fingerprint density at radius 2 is 1.57 bits per heavy atom. The fraction of sp³-hybridized carbons (Fsp3) is 0.133. The van der Waals surface area contributed by atoms with E-state index in [0.717, 1.165) is 6.07 Å². The zero-order valence-corrected chi connectivity index (χ0v) is 12.3. The van der Waals surface area contributed by atoms with Gasteiger partial charge in [0, 0.05) is 23.3 Å². The highest BCUT2D eigenvalue weighted by molar-refractivity contribution is 5.92. The highest BCUT2D eigenvalue weighted by Crippen LogP contribution is 2.25. The largest absolute Gasteiger partial charge is 0.423 e. The maximum Gasteiger partial charge on any atom is 0.343 e. The second-order valence-electron chi connectivity index (χ2n) is 4.85. The van der Waals surface area contributed by atoms with E-state index >= 15 is 0 Å². The third kappa shape index (κ3) is 3.49. The predicted molar refractivity (Wildman–Crippen MR) is 80.6 cm³/mol. The van der Waals surface area contributed by atoms with Crippen molar-refractivity contribution < 1.29 is 19.4 Å². The molecule has 0 spiro atoms. The van der Waals surface area contributed by atoms with Crippen LogP contribution < -0.4 is 4.74 Å². The highest BCUT2D eigenvalue weighted by Gasteiger charge is 2.17. The molecule has 0 fully saturated rings. The molecule has 0 aromatic heterocycles. The number of ether oxygens (including phenoxy) is 1. The average molecular weight is 316 g/mol. The molecule has 0 heterocycles. The Morgan fingerprint density at radius 3 is 2.13 bits per heavy atom. The van der Waals surface area contributed by atoms with Gasteiger partial charge >= 0.3 is 5.97 Å². The molecule has 0 atom stereocenters. The summed E-state index contributed by atoms with van der Waals surface area (Å²) in [5.74, 6) is -0.650. The van der Waals surface area contributed by atoms with E-state index < -0.39 is 15.8 Å². The molecule has 0 saturated carbocycles. The maximum absolute atomic E-state index is 12.1. The first-order chi connectivity index (χ1) is 10.8. The van der Waals surface area contributed by atoms with Gasteiger partial charge in [-0.05, 0) is 32.0 Å². The molecule has 0 bridgehead atoms. The zero-order valence-electron chi connectivity index (χ0n) is 12.3. The van der Waals surface area contributed by atoms with Gasteiger partial charge in [-0.1, -0.05) is 6.07 Å². The summed E-state index contributed by atoms with van der Waals surface area (Å²) in [5, 5.41) is 21.6. The number of carbonyl (C=O) groups excluding carboxylic acids is 1. The molecular weight excluding hydrogens is 304 g/mol. The van der Waals surface area contributed by atoms with E-state index in [-0.39, 0.29) is 22.7 Å². The normalized spacial score (nSPS) is 10.2. The fourth-order valence-corrected chi connectivity index (χ4v) is 2.00. The molecule has 0 saturated heterocycles. The number of nitro groups is 2. The standard InChI is InChI=1S/C15H12N2O6/c1-9-3-4-11(8-14(9)17(21)22)15(18)23-12-5-6-13(16(19)20)10(2)7-12/h3-8H,1-2H3. The fourth-order valence-electron chi connectivity index (χ4n) is 2.00. The van der Waals surface area contributed by atoms with Crippen LogP contribution in [-0.2, 0) is 0 Å². The van der Waals surface area contributed by atoms with E-state index in [2.05, 4.69) is 0 Å². The number of esters is 1.